The van der Waals surface area contributed by atoms with Crippen LogP contribution in [0.2, 0.25) is 5.02 Å². The zero-order valence-electron chi connectivity index (χ0n) is 16.2. The van der Waals surface area contributed by atoms with E-state index in [1.165, 1.54) is 11.8 Å². The number of carbonyl (C=O) groups is 2. The van der Waals surface area contributed by atoms with Crippen molar-refractivity contribution in [2.24, 2.45) is 0 Å². The fourth-order valence-corrected chi connectivity index (χ4v) is 3.66. The van der Waals surface area contributed by atoms with E-state index in [1.54, 1.807) is 24.3 Å². The quantitative estimate of drug-likeness (QED) is 0.481. The highest BCUT2D eigenvalue weighted by molar-refractivity contribution is 8.00. The van der Waals surface area contributed by atoms with Gasteiger partial charge in [0.25, 0.3) is 5.91 Å². The van der Waals surface area contributed by atoms with E-state index in [4.69, 9.17) is 11.6 Å². The van der Waals surface area contributed by atoms with Gasteiger partial charge in [0.05, 0.1) is 5.75 Å². The number of amides is 2. The van der Waals surface area contributed by atoms with Crippen LogP contribution < -0.4 is 10.6 Å². The van der Waals surface area contributed by atoms with Crippen molar-refractivity contribution in [2.75, 3.05) is 16.4 Å². The first kappa shape index (κ1) is 21.0. The Balaban J connectivity index is 1.59. The lowest BCUT2D eigenvalue weighted by Gasteiger charge is -2.11. The van der Waals surface area contributed by atoms with Crippen LogP contribution in [0, 0.1) is 13.8 Å². The van der Waals surface area contributed by atoms with E-state index in [0.29, 0.717) is 16.3 Å². The van der Waals surface area contributed by atoms with Gasteiger partial charge in [0.1, 0.15) is 0 Å². The molecule has 0 heterocycles. The standard InChI is InChI=1S/C23H21ClN2O2S/c1-15-6-3-11-21(16(15)2)26-22(27)14-29-20-10-5-9-19(13-20)25-23(28)17-7-4-8-18(24)12-17/h3-13H,14H2,1-2H3,(H,25,28)(H,26,27). The van der Waals surface area contributed by atoms with Gasteiger partial charge in [0, 0.05) is 26.9 Å². The van der Waals surface area contributed by atoms with Crippen molar-refractivity contribution in [3.63, 3.8) is 0 Å². The summed E-state index contributed by atoms with van der Waals surface area (Å²) in [6.45, 7) is 4.01. The van der Waals surface area contributed by atoms with Gasteiger partial charge < -0.3 is 10.6 Å². The molecule has 0 aliphatic heterocycles. The fraction of sp³-hybridized carbons (Fsp3) is 0.130. The lowest BCUT2D eigenvalue weighted by Crippen LogP contribution is -2.15. The molecule has 0 unspecified atom stereocenters. The molecule has 2 amide bonds. The van der Waals surface area contributed by atoms with Crippen LogP contribution >= 0.6 is 23.4 Å². The molecule has 2 N–H and O–H groups in total. The lowest BCUT2D eigenvalue weighted by molar-refractivity contribution is -0.113. The first-order chi connectivity index (χ1) is 13.9. The maximum Gasteiger partial charge on any atom is 0.255 e. The largest absolute Gasteiger partial charge is 0.325 e. The minimum Gasteiger partial charge on any atom is -0.325 e. The maximum atomic E-state index is 12.4. The summed E-state index contributed by atoms with van der Waals surface area (Å²) in [5.41, 5.74) is 4.19. The summed E-state index contributed by atoms with van der Waals surface area (Å²) in [5, 5.41) is 6.32. The molecule has 0 fully saturated rings. The molecule has 3 aromatic rings. The zero-order chi connectivity index (χ0) is 20.8. The van der Waals surface area contributed by atoms with Gasteiger partial charge in [-0.05, 0) is 67.4 Å². The lowest BCUT2D eigenvalue weighted by atomic mass is 10.1. The first-order valence-corrected chi connectivity index (χ1v) is 10.4. The number of hydrogen-bond donors (Lipinski definition) is 2. The second kappa shape index (κ2) is 9.63. The van der Waals surface area contributed by atoms with Gasteiger partial charge in [-0.1, -0.05) is 35.9 Å². The molecule has 0 aliphatic carbocycles. The molecule has 0 aliphatic rings. The van der Waals surface area contributed by atoms with Crippen LogP contribution in [0.15, 0.2) is 71.6 Å². The van der Waals surface area contributed by atoms with Crippen molar-refractivity contribution in [3.8, 4) is 0 Å². The smallest absolute Gasteiger partial charge is 0.255 e. The molecule has 0 bridgehead atoms. The predicted molar refractivity (Wildman–Crippen MR) is 121 cm³/mol. The van der Waals surface area contributed by atoms with Crippen LogP contribution in [0.4, 0.5) is 11.4 Å². The molecule has 3 aromatic carbocycles. The normalized spacial score (nSPS) is 10.4. The van der Waals surface area contributed by atoms with Gasteiger partial charge in [-0.15, -0.1) is 11.8 Å². The molecule has 6 heteroatoms. The number of hydrogen-bond acceptors (Lipinski definition) is 3. The van der Waals surface area contributed by atoms with Crippen molar-refractivity contribution < 1.29 is 9.59 Å². The Bertz CT molecular complexity index is 1050. The number of nitrogens with one attached hydrogen (secondary N) is 2. The van der Waals surface area contributed by atoms with Crippen LogP contribution in [-0.4, -0.2) is 17.6 Å². The predicted octanol–water partition coefficient (Wildman–Crippen LogP) is 5.94. The minimum absolute atomic E-state index is 0.0722. The summed E-state index contributed by atoms with van der Waals surface area (Å²) in [5.74, 6) is -0.0293. The van der Waals surface area contributed by atoms with Crippen LogP contribution in [0.25, 0.3) is 0 Å². The molecule has 4 nitrogen and oxygen atoms in total. The van der Waals surface area contributed by atoms with Crippen molar-refractivity contribution in [3.05, 3.63) is 88.4 Å². The molecule has 0 saturated carbocycles. The van der Waals surface area contributed by atoms with Crippen molar-refractivity contribution >= 4 is 46.6 Å². The summed E-state index contributed by atoms with van der Waals surface area (Å²) in [6, 6.07) is 20.0. The Morgan fingerprint density at radius 3 is 2.48 bits per heavy atom. The Kier molecular flexibility index (Phi) is 6.96. The van der Waals surface area contributed by atoms with Gasteiger partial charge >= 0.3 is 0 Å². The third-order valence-corrected chi connectivity index (χ3v) is 5.66. The molecular formula is C23H21ClN2O2S. The summed E-state index contributed by atoms with van der Waals surface area (Å²) in [4.78, 5) is 25.6. The molecule has 3 rings (SSSR count). The van der Waals surface area contributed by atoms with Crippen LogP contribution in [-0.2, 0) is 4.79 Å². The van der Waals surface area contributed by atoms with Gasteiger partial charge in [-0.3, -0.25) is 9.59 Å². The summed E-state index contributed by atoms with van der Waals surface area (Å²) < 4.78 is 0. The Labute approximate surface area is 179 Å². The van der Waals surface area contributed by atoms with Crippen LogP contribution in [0.5, 0.6) is 0 Å². The highest BCUT2D eigenvalue weighted by Crippen LogP contribution is 2.23. The molecule has 0 saturated heterocycles. The van der Waals surface area contributed by atoms with Crippen LogP contribution in [0.3, 0.4) is 0 Å². The van der Waals surface area contributed by atoms with Gasteiger partial charge in [0.15, 0.2) is 0 Å². The highest BCUT2D eigenvalue weighted by Gasteiger charge is 2.09. The van der Waals surface area contributed by atoms with E-state index in [-0.39, 0.29) is 17.6 Å². The first-order valence-electron chi connectivity index (χ1n) is 9.08. The van der Waals surface area contributed by atoms with Gasteiger partial charge in [-0.2, -0.15) is 0 Å². The van der Waals surface area contributed by atoms with E-state index >= 15 is 0 Å². The fourth-order valence-electron chi connectivity index (χ4n) is 2.72. The monoisotopic (exact) mass is 424 g/mol. The summed E-state index contributed by atoms with van der Waals surface area (Å²) in [7, 11) is 0. The molecule has 0 spiro atoms. The number of aryl methyl sites for hydroxylation is 1. The topological polar surface area (TPSA) is 58.2 Å². The molecule has 0 aromatic heterocycles. The Morgan fingerprint density at radius 2 is 1.69 bits per heavy atom. The van der Waals surface area contributed by atoms with Gasteiger partial charge in [0.2, 0.25) is 5.91 Å². The second-order valence-corrected chi connectivity index (χ2v) is 8.06. The minimum atomic E-state index is -0.234. The van der Waals surface area contributed by atoms with E-state index in [2.05, 4.69) is 10.6 Å². The SMILES string of the molecule is Cc1cccc(NC(=O)CSc2cccc(NC(=O)c3cccc(Cl)c3)c2)c1C. The number of halogens is 1. The average Bonchev–Trinajstić information content (AvgIpc) is 2.70. The summed E-state index contributed by atoms with van der Waals surface area (Å²) >= 11 is 7.36. The zero-order valence-corrected chi connectivity index (χ0v) is 17.7. The summed E-state index contributed by atoms with van der Waals surface area (Å²) in [6.07, 6.45) is 0. The number of anilines is 2. The van der Waals surface area contributed by atoms with Crippen molar-refractivity contribution in [1.82, 2.24) is 0 Å². The van der Waals surface area contributed by atoms with Crippen molar-refractivity contribution in [1.29, 1.82) is 0 Å². The molecule has 0 radical (unpaired) electrons. The Hall–Kier alpha value is -2.76. The van der Waals surface area contributed by atoms with E-state index in [9.17, 15) is 9.59 Å². The van der Waals surface area contributed by atoms with Crippen molar-refractivity contribution in [2.45, 2.75) is 18.7 Å². The average molecular weight is 425 g/mol. The number of benzene rings is 3. The number of thioether (sulfide) groups is 1. The number of rotatable bonds is 6. The van der Waals surface area contributed by atoms with Crippen LogP contribution in [0.1, 0.15) is 21.5 Å². The molecule has 148 valence electrons. The van der Waals surface area contributed by atoms with E-state index in [1.807, 2.05) is 56.3 Å². The third-order valence-electron chi connectivity index (χ3n) is 4.43. The highest BCUT2D eigenvalue weighted by atomic mass is 35.5. The molecule has 29 heavy (non-hydrogen) atoms. The molecular weight excluding hydrogens is 404 g/mol. The second-order valence-electron chi connectivity index (χ2n) is 6.58. The van der Waals surface area contributed by atoms with Gasteiger partial charge in [-0.25, -0.2) is 0 Å². The van der Waals surface area contributed by atoms with E-state index in [0.717, 1.165) is 21.7 Å². The third kappa shape index (κ3) is 5.86. The van der Waals surface area contributed by atoms with E-state index < -0.39 is 0 Å². The Morgan fingerprint density at radius 1 is 0.931 bits per heavy atom. The molecule has 0 atom stereocenters. The number of carbonyl (C=O) groups excluding carboxylic acids is 2. The maximum absolute atomic E-state index is 12.4.